The average molecular weight is 474 g/mol. The van der Waals surface area contributed by atoms with Gasteiger partial charge >= 0.3 is 0 Å². The molecule has 36 heavy (non-hydrogen) atoms. The molecule has 1 aliphatic rings. The van der Waals surface area contributed by atoms with E-state index in [1.807, 2.05) is 84.7 Å². The highest BCUT2D eigenvalue weighted by atomic mass is 16.2. The second-order valence-electron chi connectivity index (χ2n) is 8.81. The van der Waals surface area contributed by atoms with Crippen LogP contribution in [0.2, 0.25) is 0 Å². The minimum absolute atomic E-state index is 0.141. The maximum absolute atomic E-state index is 12.8. The third-order valence-electron chi connectivity index (χ3n) is 6.42. The van der Waals surface area contributed by atoms with Crippen molar-refractivity contribution in [2.45, 2.75) is 6.42 Å². The molecule has 5 aromatic rings. The molecule has 7 heteroatoms. The van der Waals surface area contributed by atoms with E-state index in [-0.39, 0.29) is 11.8 Å². The Labute approximate surface area is 207 Å². The van der Waals surface area contributed by atoms with Crippen molar-refractivity contribution in [3.05, 3.63) is 114 Å². The van der Waals surface area contributed by atoms with Crippen molar-refractivity contribution < 1.29 is 9.59 Å². The van der Waals surface area contributed by atoms with Crippen molar-refractivity contribution in [3.8, 4) is 5.69 Å². The van der Waals surface area contributed by atoms with Crippen LogP contribution in [-0.2, 0) is 13.5 Å². The molecule has 0 saturated carbocycles. The van der Waals surface area contributed by atoms with E-state index in [4.69, 9.17) is 0 Å². The fraction of sp³-hybridized carbons (Fsp3) is 0.0690. The van der Waals surface area contributed by atoms with E-state index in [1.54, 1.807) is 16.8 Å². The van der Waals surface area contributed by atoms with E-state index in [2.05, 4.69) is 27.9 Å². The van der Waals surface area contributed by atoms with E-state index in [9.17, 15) is 9.59 Å². The summed E-state index contributed by atoms with van der Waals surface area (Å²) in [5.41, 5.74) is 6.76. The molecule has 0 atom stereocenters. The highest BCUT2D eigenvalue weighted by Gasteiger charge is 2.13. The Morgan fingerprint density at radius 2 is 1.69 bits per heavy atom. The van der Waals surface area contributed by atoms with Gasteiger partial charge in [0.15, 0.2) is 0 Å². The van der Waals surface area contributed by atoms with Gasteiger partial charge in [0.1, 0.15) is 5.69 Å². The predicted octanol–water partition coefficient (Wildman–Crippen LogP) is 5.44. The van der Waals surface area contributed by atoms with Crippen molar-refractivity contribution in [2.75, 3.05) is 10.6 Å². The monoisotopic (exact) mass is 473 g/mol. The summed E-state index contributed by atoms with van der Waals surface area (Å²) in [5.74, 6) is -0.302. The molecule has 1 aliphatic carbocycles. The molecule has 0 aliphatic heterocycles. The van der Waals surface area contributed by atoms with E-state index in [0.29, 0.717) is 22.6 Å². The largest absolute Gasteiger partial charge is 0.347 e. The number of nitrogens with zero attached hydrogens (tertiary/aromatic N) is 3. The number of carbonyl (C=O) groups is 2. The number of allylic oxidation sites excluding steroid dienone is 1. The number of hydrogen-bond donors (Lipinski definition) is 2. The Morgan fingerprint density at radius 1 is 0.889 bits per heavy atom. The zero-order valence-electron chi connectivity index (χ0n) is 19.6. The predicted molar refractivity (Wildman–Crippen MR) is 142 cm³/mol. The summed E-state index contributed by atoms with van der Waals surface area (Å²) < 4.78 is 3.61. The van der Waals surface area contributed by atoms with Crippen LogP contribution in [-0.4, -0.2) is 26.2 Å². The van der Waals surface area contributed by atoms with Gasteiger partial charge in [-0.1, -0.05) is 18.2 Å². The van der Waals surface area contributed by atoms with E-state index in [0.717, 1.165) is 28.6 Å². The van der Waals surface area contributed by atoms with Gasteiger partial charge in [0.2, 0.25) is 0 Å². The van der Waals surface area contributed by atoms with Gasteiger partial charge in [-0.3, -0.25) is 9.59 Å². The van der Waals surface area contributed by atoms with Crippen molar-refractivity contribution in [3.63, 3.8) is 0 Å². The Morgan fingerprint density at radius 3 is 2.50 bits per heavy atom. The lowest BCUT2D eigenvalue weighted by Crippen LogP contribution is -2.15. The summed E-state index contributed by atoms with van der Waals surface area (Å²) in [5, 5.41) is 11.3. The van der Waals surface area contributed by atoms with E-state index >= 15 is 0 Å². The summed E-state index contributed by atoms with van der Waals surface area (Å²) in [6.07, 6.45) is 8.68. The van der Waals surface area contributed by atoms with Crippen molar-refractivity contribution in [2.24, 2.45) is 7.05 Å². The lowest BCUT2D eigenvalue weighted by Gasteiger charge is -2.09. The Bertz CT molecular complexity index is 1660. The van der Waals surface area contributed by atoms with Gasteiger partial charge < -0.3 is 15.2 Å². The number of aryl methyl sites for hydroxylation is 1. The number of anilines is 2. The minimum Gasteiger partial charge on any atom is -0.347 e. The minimum atomic E-state index is -0.161. The van der Waals surface area contributed by atoms with Crippen molar-refractivity contribution in [1.82, 2.24) is 14.3 Å². The molecule has 3 aromatic carbocycles. The van der Waals surface area contributed by atoms with E-state index in [1.165, 1.54) is 5.56 Å². The van der Waals surface area contributed by atoms with Gasteiger partial charge in [-0.2, -0.15) is 5.10 Å². The first-order chi connectivity index (χ1) is 17.5. The number of fused-ring (bicyclic) bond motifs is 2. The maximum Gasteiger partial charge on any atom is 0.272 e. The van der Waals surface area contributed by atoms with Crippen molar-refractivity contribution >= 4 is 40.2 Å². The second kappa shape index (κ2) is 8.70. The molecule has 2 N–H and O–H groups in total. The van der Waals surface area contributed by atoms with Crippen LogP contribution in [0.3, 0.4) is 0 Å². The van der Waals surface area contributed by atoms with Crippen LogP contribution in [0.1, 0.15) is 32.0 Å². The molecular formula is C29H23N5O2. The summed E-state index contributed by atoms with van der Waals surface area (Å²) in [6.45, 7) is 0. The Balaban J connectivity index is 1.18. The van der Waals surface area contributed by atoms with Gasteiger partial charge in [0.05, 0.1) is 17.4 Å². The number of carbonyl (C=O) groups excluding carboxylic acids is 2. The third kappa shape index (κ3) is 3.96. The van der Waals surface area contributed by atoms with Crippen LogP contribution in [0, 0.1) is 0 Å². The molecule has 0 fully saturated rings. The molecule has 6 rings (SSSR count). The molecule has 176 valence electrons. The lowest BCUT2D eigenvalue weighted by atomic mass is 10.1. The Hall–Kier alpha value is -4.91. The van der Waals surface area contributed by atoms with Crippen LogP contribution in [0.15, 0.2) is 91.3 Å². The molecule has 2 amide bonds. The van der Waals surface area contributed by atoms with Crippen LogP contribution in [0.25, 0.3) is 22.7 Å². The lowest BCUT2D eigenvalue weighted by molar-refractivity contribution is 0.101. The number of rotatable bonds is 5. The standard InChI is InChI=1S/C29H23N5O2/c1-33-15-3-6-27(33)29(36)31-23-9-12-25(13-10-23)34-26-14-11-24(17-22(26)18-30-34)32-28(35)21-8-7-19-4-2-5-20(19)16-21/h2-3,5-18H,4H2,1H3,(H,31,36)(H,32,35). The summed E-state index contributed by atoms with van der Waals surface area (Å²) >= 11 is 0. The van der Waals surface area contributed by atoms with Crippen LogP contribution in [0.4, 0.5) is 11.4 Å². The molecule has 0 spiro atoms. The molecule has 0 unspecified atom stereocenters. The number of benzene rings is 3. The van der Waals surface area contributed by atoms with Gasteiger partial charge in [-0.15, -0.1) is 0 Å². The number of nitrogens with one attached hydrogen (secondary N) is 2. The summed E-state index contributed by atoms with van der Waals surface area (Å²) in [6, 6.07) is 22.7. The highest BCUT2D eigenvalue weighted by molar-refractivity contribution is 6.05. The molecular weight excluding hydrogens is 450 g/mol. The van der Waals surface area contributed by atoms with Gasteiger partial charge in [-0.25, -0.2) is 4.68 Å². The molecule has 2 aromatic heterocycles. The Kier molecular flexibility index (Phi) is 5.22. The second-order valence-corrected chi connectivity index (χ2v) is 8.81. The summed E-state index contributed by atoms with van der Waals surface area (Å²) in [4.78, 5) is 25.2. The normalized spacial score (nSPS) is 12.0. The molecule has 2 heterocycles. The van der Waals surface area contributed by atoms with Gasteiger partial charge in [-0.05, 0) is 84.3 Å². The SMILES string of the molecule is Cn1cccc1C(=O)Nc1ccc(-n2ncc3cc(NC(=O)c4ccc5c(c4)C=CC5)ccc32)cc1. The number of hydrogen-bond acceptors (Lipinski definition) is 3. The molecule has 0 bridgehead atoms. The topological polar surface area (TPSA) is 81.0 Å². The fourth-order valence-corrected chi connectivity index (χ4v) is 4.49. The van der Waals surface area contributed by atoms with Gasteiger partial charge in [0, 0.05) is 35.6 Å². The first-order valence-electron chi connectivity index (χ1n) is 11.7. The van der Waals surface area contributed by atoms with Crippen LogP contribution in [0.5, 0.6) is 0 Å². The van der Waals surface area contributed by atoms with E-state index < -0.39 is 0 Å². The van der Waals surface area contributed by atoms with Gasteiger partial charge in [0.25, 0.3) is 11.8 Å². The first kappa shape index (κ1) is 21.6. The van der Waals surface area contributed by atoms with Crippen LogP contribution < -0.4 is 10.6 Å². The number of aromatic nitrogens is 3. The average Bonchev–Trinajstić information content (AvgIpc) is 3.63. The molecule has 0 radical (unpaired) electrons. The van der Waals surface area contributed by atoms with Crippen LogP contribution >= 0.6 is 0 Å². The number of amides is 2. The smallest absolute Gasteiger partial charge is 0.272 e. The fourth-order valence-electron chi connectivity index (χ4n) is 4.49. The zero-order chi connectivity index (χ0) is 24.6. The van der Waals surface area contributed by atoms with Crippen molar-refractivity contribution in [1.29, 1.82) is 0 Å². The molecule has 7 nitrogen and oxygen atoms in total. The molecule has 0 saturated heterocycles. The maximum atomic E-state index is 12.8. The summed E-state index contributed by atoms with van der Waals surface area (Å²) in [7, 11) is 1.84. The highest BCUT2D eigenvalue weighted by Crippen LogP contribution is 2.25. The third-order valence-corrected chi connectivity index (χ3v) is 6.42. The zero-order valence-corrected chi connectivity index (χ0v) is 19.6. The first-order valence-corrected chi connectivity index (χ1v) is 11.7. The quantitative estimate of drug-likeness (QED) is 0.357.